The summed E-state index contributed by atoms with van der Waals surface area (Å²) in [5.41, 5.74) is 0.764. The van der Waals surface area contributed by atoms with Gasteiger partial charge in [-0.3, -0.25) is 0 Å². The van der Waals surface area contributed by atoms with Crippen LogP contribution in [0.5, 0.6) is 5.75 Å². The number of amides is 2. The molecule has 0 bridgehead atoms. The van der Waals surface area contributed by atoms with Crippen LogP contribution in [0.15, 0.2) is 24.3 Å². The van der Waals surface area contributed by atoms with Crippen molar-refractivity contribution in [1.82, 2.24) is 4.90 Å². The van der Waals surface area contributed by atoms with Gasteiger partial charge in [-0.1, -0.05) is 0 Å². The van der Waals surface area contributed by atoms with Crippen molar-refractivity contribution in [2.75, 3.05) is 26.1 Å². The fourth-order valence-electron chi connectivity index (χ4n) is 2.58. The second-order valence-electron chi connectivity index (χ2n) is 5.89. The minimum atomic E-state index is -0.144. The molecule has 1 fully saturated rings. The maximum atomic E-state index is 12.1. The van der Waals surface area contributed by atoms with Crippen molar-refractivity contribution in [2.45, 2.75) is 44.8 Å². The Morgan fingerprint density at radius 1 is 1.32 bits per heavy atom. The molecule has 5 heteroatoms. The van der Waals surface area contributed by atoms with Crippen LogP contribution in [-0.2, 0) is 4.74 Å². The molecular formula is C17H26N2O3. The third kappa shape index (κ3) is 4.63. The highest BCUT2D eigenvalue weighted by molar-refractivity contribution is 5.89. The molecule has 22 heavy (non-hydrogen) atoms. The van der Waals surface area contributed by atoms with Gasteiger partial charge in [-0.15, -0.1) is 0 Å². The van der Waals surface area contributed by atoms with Crippen LogP contribution in [0.4, 0.5) is 10.5 Å². The van der Waals surface area contributed by atoms with E-state index < -0.39 is 0 Å². The number of methoxy groups -OCH3 is 1. The Kier molecular flexibility index (Phi) is 6.07. The second-order valence-corrected chi connectivity index (χ2v) is 5.89. The molecule has 0 unspecified atom stereocenters. The van der Waals surface area contributed by atoms with Gasteiger partial charge in [0.15, 0.2) is 0 Å². The zero-order valence-electron chi connectivity index (χ0n) is 13.7. The summed E-state index contributed by atoms with van der Waals surface area (Å²) in [5, 5.41) is 2.88. The molecule has 1 aliphatic rings. The largest absolute Gasteiger partial charge is 0.490 e. The molecular weight excluding hydrogens is 280 g/mol. The maximum absolute atomic E-state index is 12.1. The average molecular weight is 306 g/mol. The summed E-state index contributed by atoms with van der Waals surface area (Å²) in [6.07, 6.45) is 5.14. The lowest BCUT2D eigenvalue weighted by molar-refractivity contribution is 0.128. The van der Waals surface area contributed by atoms with Crippen molar-refractivity contribution in [3.05, 3.63) is 24.3 Å². The van der Waals surface area contributed by atoms with Crippen molar-refractivity contribution in [3.63, 3.8) is 0 Å². The number of rotatable bonds is 6. The Morgan fingerprint density at radius 2 is 1.95 bits per heavy atom. The first-order valence-corrected chi connectivity index (χ1v) is 7.89. The smallest absolute Gasteiger partial charge is 0.321 e. The number of urea groups is 1. The van der Waals surface area contributed by atoms with Gasteiger partial charge >= 0.3 is 6.03 Å². The molecule has 122 valence electrons. The lowest BCUT2D eigenvalue weighted by atomic mass is 10.2. The van der Waals surface area contributed by atoms with Gasteiger partial charge < -0.3 is 19.7 Å². The van der Waals surface area contributed by atoms with Crippen LogP contribution >= 0.6 is 0 Å². The number of anilines is 1. The summed E-state index contributed by atoms with van der Waals surface area (Å²) in [6.45, 7) is 2.46. The van der Waals surface area contributed by atoms with E-state index >= 15 is 0 Å². The quantitative estimate of drug-likeness (QED) is 0.875. The highest BCUT2D eigenvalue weighted by atomic mass is 16.5. The third-order valence-electron chi connectivity index (χ3n) is 4.10. The molecule has 1 N–H and O–H groups in total. The second kappa shape index (κ2) is 8.03. The molecule has 5 nitrogen and oxygen atoms in total. The number of carbonyl (C=O) groups is 1. The summed E-state index contributed by atoms with van der Waals surface area (Å²) in [6, 6.07) is 7.44. The Bertz CT molecular complexity index is 469. The zero-order chi connectivity index (χ0) is 15.9. The summed E-state index contributed by atoms with van der Waals surface area (Å²) in [4.78, 5) is 13.8. The number of benzene rings is 1. The van der Waals surface area contributed by atoms with Crippen LogP contribution in [-0.4, -0.2) is 43.8 Å². The molecule has 1 aromatic carbocycles. The van der Waals surface area contributed by atoms with Crippen LogP contribution in [0.1, 0.15) is 32.6 Å². The predicted octanol–water partition coefficient (Wildman–Crippen LogP) is 3.51. The van der Waals surface area contributed by atoms with E-state index in [0.717, 1.165) is 24.3 Å². The standard InChI is InChI=1S/C17H26N2O3/c1-13(12-21-3)19(2)17(20)18-14-8-10-16(11-9-14)22-15-6-4-5-7-15/h8-11,13,15H,4-7,12H2,1-3H3,(H,18,20)/t13-/m1/s1. The molecule has 2 amide bonds. The van der Waals surface area contributed by atoms with Gasteiger partial charge in [-0.25, -0.2) is 4.79 Å². The molecule has 1 aliphatic carbocycles. The van der Waals surface area contributed by atoms with Crippen LogP contribution in [0.3, 0.4) is 0 Å². The van der Waals surface area contributed by atoms with Crippen LogP contribution in [0.2, 0.25) is 0 Å². The van der Waals surface area contributed by atoms with Crippen molar-refractivity contribution in [3.8, 4) is 5.75 Å². The van der Waals surface area contributed by atoms with Crippen molar-refractivity contribution >= 4 is 11.7 Å². The Labute approximate surface area is 132 Å². The van der Waals surface area contributed by atoms with E-state index in [0.29, 0.717) is 12.7 Å². The van der Waals surface area contributed by atoms with E-state index in [1.54, 1.807) is 19.1 Å². The minimum Gasteiger partial charge on any atom is -0.490 e. The van der Waals surface area contributed by atoms with Crippen LogP contribution in [0.25, 0.3) is 0 Å². The molecule has 0 aromatic heterocycles. The van der Waals surface area contributed by atoms with Gasteiger partial charge in [0, 0.05) is 19.8 Å². The number of likely N-dealkylation sites (N-methyl/N-ethyl adjacent to an activating group) is 1. The summed E-state index contributed by atoms with van der Waals surface area (Å²) in [5.74, 6) is 0.867. The summed E-state index contributed by atoms with van der Waals surface area (Å²) in [7, 11) is 3.39. The maximum Gasteiger partial charge on any atom is 0.321 e. The monoisotopic (exact) mass is 306 g/mol. The summed E-state index contributed by atoms with van der Waals surface area (Å²) >= 11 is 0. The number of nitrogens with one attached hydrogen (secondary N) is 1. The van der Waals surface area contributed by atoms with Gasteiger partial charge in [-0.05, 0) is 56.9 Å². The Morgan fingerprint density at radius 3 is 2.55 bits per heavy atom. The van der Waals surface area contributed by atoms with Crippen molar-refractivity contribution < 1.29 is 14.3 Å². The van der Waals surface area contributed by atoms with Gasteiger partial charge in [0.05, 0.1) is 18.8 Å². The predicted molar refractivity (Wildman–Crippen MR) is 87.4 cm³/mol. The van der Waals surface area contributed by atoms with Gasteiger partial charge in [-0.2, -0.15) is 0 Å². The van der Waals surface area contributed by atoms with E-state index in [1.165, 1.54) is 12.8 Å². The van der Waals surface area contributed by atoms with Crippen LogP contribution in [0, 0.1) is 0 Å². The normalized spacial score (nSPS) is 16.3. The number of hydrogen-bond acceptors (Lipinski definition) is 3. The third-order valence-corrected chi connectivity index (χ3v) is 4.10. The molecule has 0 spiro atoms. The van der Waals surface area contributed by atoms with Crippen molar-refractivity contribution in [1.29, 1.82) is 0 Å². The first-order valence-electron chi connectivity index (χ1n) is 7.89. The minimum absolute atomic E-state index is 0.0231. The Hall–Kier alpha value is -1.75. The van der Waals surface area contributed by atoms with E-state index in [2.05, 4.69) is 5.32 Å². The average Bonchev–Trinajstić information content (AvgIpc) is 3.01. The number of ether oxygens (including phenoxy) is 2. The van der Waals surface area contributed by atoms with E-state index in [-0.39, 0.29) is 12.1 Å². The molecule has 0 radical (unpaired) electrons. The lowest BCUT2D eigenvalue weighted by Crippen LogP contribution is -2.40. The lowest BCUT2D eigenvalue weighted by Gasteiger charge is -2.24. The fourth-order valence-corrected chi connectivity index (χ4v) is 2.58. The molecule has 1 aromatic rings. The molecule has 2 rings (SSSR count). The Balaban J connectivity index is 1.86. The first-order chi connectivity index (χ1) is 10.6. The van der Waals surface area contributed by atoms with Gasteiger partial charge in [0.2, 0.25) is 0 Å². The number of carbonyl (C=O) groups excluding carboxylic acids is 1. The molecule has 0 saturated heterocycles. The van der Waals surface area contributed by atoms with E-state index in [4.69, 9.17) is 9.47 Å². The van der Waals surface area contributed by atoms with E-state index in [9.17, 15) is 4.79 Å². The van der Waals surface area contributed by atoms with Gasteiger partial charge in [0.1, 0.15) is 5.75 Å². The highest BCUT2D eigenvalue weighted by Crippen LogP contribution is 2.25. The SMILES string of the molecule is COC[C@@H](C)N(C)C(=O)Nc1ccc(OC2CCCC2)cc1. The van der Waals surface area contributed by atoms with Crippen LogP contribution < -0.4 is 10.1 Å². The topological polar surface area (TPSA) is 50.8 Å². The zero-order valence-corrected chi connectivity index (χ0v) is 13.7. The first kappa shape index (κ1) is 16.6. The fraction of sp³-hybridized carbons (Fsp3) is 0.588. The highest BCUT2D eigenvalue weighted by Gasteiger charge is 2.17. The molecule has 0 aliphatic heterocycles. The molecule has 1 saturated carbocycles. The summed E-state index contributed by atoms with van der Waals surface area (Å²) < 4.78 is 11.0. The molecule has 0 heterocycles. The van der Waals surface area contributed by atoms with Crippen molar-refractivity contribution in [2.24, 2.45) is 0 Å². The number of nitrogens with zero attached hydrogens (tertiary/aromatic N) is 1. The number of hydrogen-bond donors (Lipinski definition) is 1. The van der Waals surface area contributed by atoms with E-state index in [1.807, 2.05) is 31.2 Å². The van der Waals surface area contributed by atoms with Gasteiger partial charge in [0.25, 0.3) is 0 Å². The molecule has 1 atom stereocenters.